The Balaban J connectivity index is 1.21. The van der Waals surface area contributed by atoms with Crippen molar-refractivity contribution < 1.29 is 14.3 Å². The van der Waals surface area contributed by atoms with E-state index in [4.69, 9.17) is 4.74 Å². The monoisotopic (exact) mass is 498 g/mol. The summed E-state index contributed by atoms with van der Waals surface area (Å²) in [6.45, 7) is 3.89. The minimum Gasteiger partial charge on any atom is -0.496 e. The Morgan fingerprint density at radius 2 is 1.70 bits per heavy atom. The van der Waals surface area contributed by atoms with E-state index >= 15 is 0 Å². The highest BCUT2D eigenvalue weighted by molar-refractivity contribution is 5.96. The molecule has 0 saturated carbocycles. The van der Waals surface area contributed by atoms with Crippen LogP contribution in [0.1, 0.15) is 70.5 Å². The van der Waals surface area contributed by atoms with E-state index in [-0.39, 0.29) is 23.9 Å². The van der Waals surface area contributed by atoms with Crippen LogP contribution >= 0.6 is 0 Å². The molecule has 0 spiro atoms. The average Bonchev–Trinajstić information content (AvgIpc) is 3.19. The number of aromatic nitrogens is 1. The van der Waals surface area contributed by atoms with E-state index in [9.17, 15) is 9.59 Å². The number of hydrogen-bond donors (Lipinski definition) is 2. The minimum absolute atomic E-state index is 0.0486. The number of pyridine rings is 1. The van der Waals surface area contributed by atoms with Crippen molar-refractivity contribution in [1.29, 1.82) is 0 Å². The van der Waals surface area contributed by atoms with Gasteiger partial charge in [-0.1, -0.05) is 36.4 Å². The molecule has 1 aromatic heterocycles. The van der Waals surface area contributed by atoms with Gasteiger partial charge in [0.25, 0.3) is 11.8 Å². The highest BCUT2D eigenvalue weighted by Gasteiger charge is 2.42. The number of carbonyl (C=O) groups is 2. The second kappa shape index (κ2) is 10.6. The van der Waals surface area contributed by atoms with Crippen molar-refractivity contribution in [3.63, 3.8) is 0 Å². The van der Waals surface area contributed by atoms with Crippen LogP contribution < -0.4 is 20.3 Å². The second-order valence-corrected chi connectivity index (χ2v) is 10.1. The first kappa shape index (κ1) is 24.8. The van der Waals surface area contributed by atoms with Crippen molar-refractivity contribution >= 4 is 17.6 Å². The molecule has 192 valence electrons. The molecule has 37 heavy (non-hydrogen) atoms. The third-order valence-corrected chi connectivity index (χ3v) is 7.74. The molecule has 2 aromatic carbocycles. The van der Waals surface area contributed by atoms with E-state index < -0.39 is 0 Å². The zero-order valence-electron chi connectivity index (χ0n) is 21.6. The number of nitrogens with zero attached hydrogens (tertiary/aromatic N) is 2. The van der Waals surface area contributed by atoms with Crippen molar-refractivity contribution in [3.8, 4) is 5.75 Å². The molecule has 2 fully saturated rings. The summed E-state index contributed by atoms with van der Waals surface area (Å²) in [5, 5.41) is 6.31. The molecule has 2 N–H and O–H groups in total. The number of carbonyl (C=O) groups excluding carboxylic acids is 2. The smallest absolute Gasteiger partial charge is 0.253 e. The zero-order chi connectivity index (χ0) is 25.9. The largest absolute Gasteiger partial charge is 0.496 e. The molecule has 1 unspecified atom stereocenters. The van der Waals surface area contributed by atoms with Crippen LogP contribution in [0.15, 0.2) is 66.9 Å². The van der Waals surface area contributed by atoms with Gasteiger partial charge in [-0.25, -0.2) is 4.98 Å². The first-order chi connectivity index (χ1) is 17.9. The number of piperidine rings is 1. The average molecular weight is 499 g/mol. The number of methoxy groups -OCH3 is 1. The first-order valence-corrected chi connectivity index (χ1v) is 13.0. The number of nitrogens with one attached hydrogen (secondary N) is 2. The van der Waals surface area contributed by atoms with Gasteiger partial charge in [0, 0.05) is 35.4 Å². The van der Waals surface area contributed by atoms with Gasteiger partial charge in [-0.15, -0.1) is 0 Å². The van der Waals surface area contributed by atoms with Gasteiger partial charge in [0.2, 0.25) is 0 Å². The van der Waals surface area contributed by atoms with E-state index in [0.717, 1.165) is 48.4 Å². The maximum absolute atomic E-state index is 13.0. The van der Waals surface area contributed by atoms with Crippen molar-refractivity contribution in [3.05, 3.63) is 89.1 Å². The molecule has 5 rings (SSSR count). The van der Waals surface area contributed by atoms with Crippen LogP contribution in [-0.4, -0.2) is 42.0 Å². The van der Waals surface area contributed by atoms with Crippen LogP contribution in [0.5, 0.6) is 5.75 Å². The van der Waals surface area contributed by atoms with Gasteiger partial charge in [0.1, 0.15) is 11.6 Å². The normalized spacial score (nSPS) is 21.3. The van der Waals surface area contributed by atoms with Gasteiger partial charge in [0.15, 0.2) is 0 Å². The van der Waals surface area contributed by atoms with Crippen LogP contribution in [0.2, 0.25) is 0 Å². The number of amides is 2. The standard InChI is InChI=1S/C30H34N4O3/c1-19-26(10-7-11-27(19)37-3)30(36)33-23-16-24-13-14-25(17-23)34(24)28-15-12-22(18-31-28)29(35)32-20(2)21-8-5-4-6-9-21/h4-12,15,18,20,23-25H,13-14,16-17H2,1-3H3,(H,32,35)(H,33,36)/t20-,23?,24-,25+/m1/s1. The van der Waals surface area contributed by atoms with E-state index in [1.54, 1.807) is 13.3 Å². The number of fused-ring (bicyclic) bond motifs is 2. The molecule has 0 aliphatic carbocycles. The molecule has 2 aliphatic rings. The van der Waals surface area contributed by atoms with Gasteiger partial charge in [-0.05, 0) is 69.4 Å². The van der Waals surface area contributed by atoms with Gasteiger partial charge in [-0.3, -0.25) is 9.59 Å². The summed E-state index contributed by atoms with van der Waals surface area (Å²) in [5.74, 6) is 1.44. The predicted molar refractivity (Wildman–Crippen MR) is 144 cm³/mol. The number of benzene rings is 2. The SMILES string of the molecule is COc1cccc(C(=O)NC2C[C@H]3CC[C@@H](C2)N3c2ccc(C(=O)N[C@H](C)c3ccccc3)cn2)c1C. The lowest BCUT2D eigenvalue weighted by molar-refractivity contribution is 0.0922. The highest BCUT2D eigenvalue weighted by atomic mass is 16.5. The van der Waals surface area contributed by atoms with Crippen molar-refractivity contribution in [1.82, 2.24) is 15.6 Å². The van der Waals surface area contributed by atoms with Crippen molar-refractivity contribution in [2.45, 2.75) is 63.7 Å². The number of anilines is 1. The molecule has 7 heteroatoms. The summed E-state index contributed by atoms with van der Waals surface area (Å²) < 4.78 is 5.38. The Kier molecular flexibility index (Phi) is 7.12. The van der Waals surface area contributed by atoms with Gasteiger partial charge in [0.05, 0.1) is 18.7 Å². The Bertz CT molecular complexity index is 1250. The molecule has 7 nitrogen and oxygen atoms in total. The summed E-state index contributed by atoms with van der Waals surface area (Å²) in [4.78, 5) is 32.9. The maximum Gasteiger partial charge on any atom is 0.253 e. The Morgan fingerprint density at radius 3 is 2.35 bits per heavy atom. The molecule has 3 heterocycles. The number of hydrogen-bond acceptors (Lipinski definition) is 5. The van der Waals surface area contributed by atoms with Crippen molar-refractivity contribution in [2.75, 3.05) is 12.0 Å². The lowest BCUT2D eigenvalue weighted by atomic mass is 9.96. The summed E-state index contributed by atoms with van der Waals surface area (Å²) in [5.41, 5.74) is 3.13. The first-order valence-electron chi connectivity index (χ1n) is 13.0. The maximum atomic E-state index is 13.0. The fraction of sp³-hybridized carbons (Fsp3) is 0.367. The molecule has 2 aliphatic heterocycles. The number of rotatable bonds is 7. The summed E-state index contributed by atoms with van der Waals surface area (Å²) in [6.07, 6.45) is 5.58. The topological polar surface area (TPSA) is 83.6 Å². The van der Waals surface area contributed by atoms with Crippen molar-refractivity contribution in [2.24, 2.45) is 0 Å². The molecule has 2 bridgehead atoms. The van der Waals surface area contributed by atoms with Crippen LogP contribution in [0.25, 0.3) is 0 Å². The summed E-state index contributed by atoms with van der Waals surface area (Å²) in [6, 6.07) is 20.0. The van der Waals surface area contributed by atoms with Gasteiger partial charge in [-0.2, -0.15) is 0 Å². The Hall–Kier alpha value is -3.87. The van der Waals surface area contributed by atoms with E-state index in [2.05, 4.69) is 20.5 Å². The molecule has 3 aromatic rings. The third-order valence-electron chi connectivity index (χ3n) is 7.74. The van der Waals surface area contributed by atoms with Crippen LogP contribution in [0, 0.1) is 6.92 Å². The van der Waals surface area contributed by atoms with E-state index in [1.807, 2.05) is 74.5 Å². The summed E-state index contributed by atoms with van der Waals surface area (Å²) in [7, 11) is 1.62. The summed E-state index contributed by atoms with van der Waals surface area (Å²) >= 11 is 0. The molecular formula is C30H34N4O3. The fourth-order valence-corrected chi connectivity index (χ4v) is 5.79. The minimum atomic E-state index is -0.132. The highest BCUT2D eigenvalue weighted by Crippen LogP contribution is 2.38. The fourth-order valence-electron chi connectivity index (χ4n) is 5.79. The molecule has 2 amide bonds. The quantitative estimate of drug-likeness (QED) is 0.488. The molecule has 2 saturated heterocycles. The Morgan fingerprint density at radius 1 is 0.973 bits per heavy atom. The molecule has 4 atom stereocenters. The number of ether oxygens (including phenoxy) is 1. The van der Waals surface area contributed by atoms with Crippen LogP contribution in [0.4, 0.5) is 5.82 Å². The van der Waals surface area contributed by atoms with Gasteiger partial charge < -0.3 is 20.3 Å². The third kappa shape index (κ3) is 5.17. The van der Waals surface area contributed by atoms with E-state index in [0.29, 0.717) is 23.2 Å². The lowest BCUT2D eigenvalue weighted by Crippen LogP contribution is -2.50. The van der Waals surface area contributed by atoms with Crippen LogP contribution in [-0.2, 0) is 0 Å². The zero-order valence-corrected chi connectivity index (χ0v) is 21.6. The molecule has 0 radical (unpaired) electrons. The van der Waals surface area contributed by atoms with Crippen LogP contribution in [0.3, 0.4) is 0 Å². The van der Waals surface area contributed by atoms with Gasteiger partial charge >= 0.3 is 0 Å². The predicted octanol–water partition coefficient (Wildman–Crippen LogP) is 4.82. The second-order valence-electron chi connectivity index (χ2n) is 10.1. The Labute approximate surface area is 218 Å². The molecular weight excluding hydrogens is 464 g/mol. The lowest BCUT2D eigenvalue weighted by Gasteiger charge is -2.40. The van der Waals surface area contributed by atoms with E-state index in [1.165, 1.54) is 0 Å².